The molecule has 0 N–H and O–H groups in total. The van der Waals surface area contributed by atoms with Crippen LogP contribution >= 0.6 is 11.6 Å². The number of nitrogens with zero attached hydrogens (tertiary/aromatic N) is 3. The van der Waals surface area contributed by atoms with Crippen molar-refractivity contribution in [2.75, 3.05) is 6.73 Å². The Kier molecular flexibility index (Phi) is 9.48. The van der Waals surface area contributed by atoms with Gasteiger partial charge in [0.1, 0.15) is 17.4 Å². The van der Waals surface area contributed by atoms with E-state index in [0.717, 1.165) is 12.1 Å². The zero-order valence-corrected chi connectivity index (χ0v) is 20.5. The first-order valence-corrected chi connectivity index (χ1v) is 8.97. The van der Waals surface area contributed by atoms with Crippen LogP contribution in [0.4, 0.5) is 25.8 Å². The largest absolute Gasteiger partial charge is 1.00 e. The first-order chi connectivity index (χ1) is 14.4. The number of aliphatic imine (C=N–C) groups is 2. The molecule has 31 heavy (non-hydrogen) atoms. The van der Waals surface area contributed by atoms with E-state index in [-0.39, 0.29) is 80.0 Å². The van der Waals surface area contributed by atoms with Gasteiger partial charge in [0.05, 0.1) is 16.9 Å². The van der Waals surface area contributed by atoms with E-state index in [1.54, 1.807) is 18.2 Å². The molecule has 0 aliphatic rings. The topological polar surface area (TPSA) is 65.1 Å². The molecule has 3 rings (SSSR count). The fourth-order valence-corrected chi connectivity index (χ4v) is 2.86. The van der Waals surface area contributed by atoms with Crippen LogP contribution < -0.4 is 56.1 Å². The van der Waals surface area contributed by atoms with Gasteiger partial charge in [-0.3, -0.25) is 14.8 Å². The third kappa shape index (κ3) is 6.52. The van der Waals surface area contributed by atoms with Gasteiger partial charge in [0.15, 0.2) is 5.78 Å². The number of ether oxygens (including phenoxy) is 1. The molecule has 9 heteroatoms. The van der Waals surface area contributed by atoms with Crippen molar-refractivity contribution >= 4 is 47.9 Å². The normalized spacial score (nSPS) is 10.0. The van der Waals surface area contributed by atoms with Crippen molar-refractivity contribution < 1.29 is 69.7 Å². The van der Waals surface area contributed by atoms with E-state index in [0.29, 0.717) is 23.1 Å². The molecule has 0 saturated heterocycles. The summed E-state index contributed by atoms with van der Waals surface area (Å²) < 4.78 is 32.6. The molecule has 0 atom stereocenters. The maximum absolute atomic E-state index is 13.5. The minimum Gasteiger partial charge on any atom is -0.652 e. The molecule has 3 aromatic rings. The number of hydrogen-bond donors (Lipinski definition) is 0. The van der Waals surface area contributed by atoms with Gasteiger partial charge >= 0.3 is 51.4 Å². The summed E-state index contributed by atoms with van der Waals surface area (Å²) in [5.41, 5.74) is 1.53. The van der Waals surface area contributed by atoms with Crippen molar-refractivity contribution in [2.24, 2.45) is 9.98 Å². The van der Waals surface area contributed by atoms with Crippen molar-refractivity contribution in [1.82, 2.24) is 0 Å². The van der Waals surface area contributed by atoms with E-state index in [4.69, 9.17) is 16.3 Å². The second-order valence-electron chi connectivity index (χ2n) is 6.05. The number of ketones is 1. The van der Waals surface area contributed by atoms with Gasteiger partial charge in [0.2, 0.25) is 0 Å². The fourth-order valence-electron chi connectivity index (χ4n) is 2.69. The van der Waals surface area contributed by atoms with Crippen LogP contribution in [-0.2, 0) is 0 Å². The number of carbonyl (C=O) groups is 1. The van der Waals surface area contributed by atoms with Gasteiger partial charge in [-0.05, 0) is 55.9 Å². The molecule has 0 spiro atoms. The van der Waals surface area contributed by atoms with E-state index in [2.05, 4.69) is 28.7 Å². The minimum absolute atomic E-state index is 0. The van der Waals surface area contributed by atoms with Crippen LogP contribution in [0.1, 0.15) is 15.9 Å². The van der Waals surface area contributed by atoms with E-state index in [1.807, 2.05) is 0 Å². The monoisotopic (exact) mass is 465 g/mol. The van der Waals surface area contributed by atoms with E-state index < -0.39 is 17.4 Å². The first kappa shape index (κ1) is 25.3. The zero-order chi connectivity index (χ0) is 21.7. The molecule has 0 unspecified atom stereocenters. The van der Waals surface area contributed by atoms with E-state index in [1.165, 1.54) is 18.2 Å². The molecular weight excluding hydrogens is 451 g/mol. The zero-order valence-electron chi connectivity index (χ0n) is 16.6. The summed E-state index contributed by atoms with van der Waals surface area (Å²) in [6, 6.07) is 12.0. The van der Waals surface area contributed by atoms with Gasteiger partial charge in [-0.1, -0.05) is 17.7 Å². The number of carbonyl (C=O) groups excluding carboxylic acids is 1. The quantitative estimate of drug-likeness (QED) is 0.290. The summed E-state index contributed by atoms with van der Waals surface area (Å²) >= 11 is 5.99. The number of halogens is 3. The van der Waals surface area contributed by atoms with Crippen LogP contribution in [0.15, 0.2) is 64.6 Å². The maximum Gasteiger partial charge on any atom is 1.00 e. The second kappa shape index (κ2) is 11.6. The average Bonchev–Trinajstić information content (AvgIpc) is 2.73. The third-order valence-electron chi connectivity index (χ3n) is 4.08. The van der Waals surface area contributed by atoms with E-state index >= 15 is 0 Å². The van der Waals surface area contributed by atoms with Crippen LogP contribution in [-0.4, -0.2) is 25.9 Å². The van der Waals surface area contributed by atoms with Crippen molar-refractivity contribution in [3.8, 4) is 5.75 Å². The number of hydrogen-bond acceptors (Lipinski definition) is 4. The molecule has 0 saturated carbocycles. The maximum atomic E-state index is 13.5. The number of rotatable bonds is 8. The summed E-state index contributed by atoms with van der Waals surface area (Å²) in [5.74, 6) is -2.18. The molecule has 152 valence electrons. The summed E-state index contributed by atoms with van der Waals surface area (Å²) in [7, 11) is 0. The molecule has 3 aromatic carbocycles. The Labute approximate surface area is 225 Å². The molecule has 0 fully saturated rings. The smallest absolute Gasteiger partial charge is 0.652 e. The summed E-state index contributed by atoms with van der Waals surface area (Å²) in [6.07, 6.45) is 0. The Morgan fingerprint density at radius 3 is 2.29 bits per heavy atom. The Hall–Kier alpha value is -1.94. The molecule has 0 aliphatic heterocycles. The third-order valence-corrected chi connectivity index (χ3v) is 4.31. The van der Waals surface area contributed by atoms with Crippen LogP contribution in [0.25, 0.3) is 5.32 Å². The predicted molar refractivity (Wildman–Crippen MR) is 115 cm³/mol. The van der Waals surface area contributed by atoms with Crippen molar-refractivity contribution in [1.29, 1.82) is 0 Å². The van der Waals surface area contributed by atoms with Crippen LogP contribution in [0.2, 0.25) is 5.02 Å². The first-order valence-electron chi connectivity index (χ1n) is 8.59. The Morgan fingerprint density at radius 2 is 1.65 bits per heavy atom. The molecule has 0 aliphatic carbocycles. The number of benzene rings is 3. The van der Waals surface area contributed by atoms with Crippen molar-refractivity contribution in [2.45, 2.75) is 0 Å². The van der Waals surface area contributed by atoms with Crippen molar-refractivity contribution in [3.63, 3.8) is 0 Å². The Bertz CT molecular complexity index is 1120. The SMILES string of the molecule is C=Nc1ccc([N-]COc2ccc(Cl)cc2C(=O)c2cc(F)cc(F)c2)cc1N=C.[K+]. The van der Waals surface area contributed by atoms with Crippen LogP contribution in [0.3, 0.4) is 0 Å². The van der Waals surface area contributed by atoms with Gasteiger partial charge in [0, 0.05) is 23.4 Å². The molecule has 0 bridgehead atoms. The van der Waals surface area contributed by atoms with Crippen molar-refractivity contribution in [3.05, 3.63) is 87.7 Å². The summed E-state index contributed by atoms with van der Waals surface area (Å²) in [6.45, 7) is 6.80. The standard InChI is InChI=1S/C22H15ClF2N3O2.K/c1-26-19-5-4-17(11-20(19)27-2)28-12-30-21-6-3-14(23)9-18(21)22(29)13-7-15(24)10-16(25)8-13;/h3-11H,1-2,12H2;/q-1;+1. The average molecular weight is 466 g/mol. The van der Waals surface area contributed by atoms with Crippen LogP contribution in [0.5, 0.6) is 5.75 Å². The predicted octanol–water partition coefficient (Wildman–Crippen LogP) is 3.56. The summed E-state index contributed by atoms with van der Waals surface area (Å²) in [5, 5.41) is 4.54. The Morgan fingerprint density at radius 1 is 0.968 bits per heavy atom. The molecule has 0 amide bonds. The Balaban J connectivity index is 0.00000341. The molecule has 0 aromatic heterocycles. The minimum atomic E-state index is -0.859. The van der Waals surface area contributed by atoms with Gasteiger partial charge in [-0.2, -0.15) is 0 Å². The second-order valence-corrected chi connectivity index (χ2v) is 6.48. The fraction of sp³-hybridized carbons (Fsp3) is 0.0455. The van der Waals surface area contributed by atoms with Crippen LogP contribution in [0, 0.1) is 11.6 Å². The summed E-state index contributed by atoms with van der Waals surface area (Å²) in [4.78, 5) is 20.5. The van der Waals surface area contributed by atoms with Gasteiger partial charge < -0.3 is 10.1 Å². The van der Waals surface area contributed by atoms with E-state index in [9.17, 15) is 13.6 Å². The molecular formula is C22H15ClF2KN3O2. The van der Waals surface area contributed by atoms with Gasteiger partial charge in [0.25, 0.3) is 0 Å². The molecule has 0 radical (unpaired) electrons. The molecule has 0 heterocycles. The van der Waals surface area contributed by atoms with Gasteiger partial charge in [-0.25, -0.2) is 8.78 Å². The molecule has 5 nitrogen and oxygen atoms in total. The van der Waals surface area contributed by atoms with Gasteiger partial charge in [-0.15, -0.1) is 5.69 Å².